The molecule has 0 aliphatic carbocycles. The number of carbonyl (C=O) groups is 4. The van der Waals surface area contributed by atoms with Crippen LogP contribution in [0.3, 0.4) is 0 Å². The number of carboxylic acid groups (broad SMARTS) is 1. The van der Waals surface area contributed by atoms with Gasteiger partial charge in [0.15, 0.2) is 0 Å². The van der Waals surface area contributed by atoms with E-state index in [4.69, 9.17) is 21.7 Å². The first-order valence-electron chi connectivity index (χ1n) is 10.8. The lowest BCUT2D eigenvalue weighted by atomic mass is 10.0. The first-order valence-corrected chi connectivity index (χ1v) is 10.8. The third-order valence-electron chi connectivity index (χ3n) is 4.96. The number of aliphatic hydroxyl groups is 1. The average molecular weight is 470 g/mol. The van der Waals surface area contributed by atoms with E-state index in [1.807, 2.05) is 0 Å². The number of carbonyl (C=O) groups excluding carboxylic acids is 3. The Balaban J connectivity index is 2.86. The molecule has 0 saturated carbocycles. The van der Waals surface area contributed by atoms with Crippen LogP contribution in [0, 0.1) is 5.92 Å². The highest BCUT2D eigenvalue weighted by Gasteiger charge is 2.31. The Kier molecular flexibility index (Phi) is 12.0. The van der Waals surface area contributed by atoms with E-state index in [9.17, 15) is 19.2 Å². The molecule has 0 fully saturated rings. The quantitative estimate of drug-likeness (QED) is 0.128. The van der Waals surface area contributed by atoms with Crippen LogP contribution in [0.4, 0.5) is 0 Å². The maximum absolute atomic E-state index is 12.9. The van der Waals surface area contributed by atoms with Crippen LogP contribution in [0.1, 0.15) is 38.8 Å². The minimum Gasteiger partial charge on any atom is -0.480 e. The predicted octanol–water partition coefficient (Wildman–Crippen LogP) is -2.40. The third-order valence-corrected chi connectivity index (χ3v) is 4.96. The largest absolute Gasteiger partial charge is 0.480 e. The van der Waals surface area contributed by atoms with E-state index in [0.717, 1.165) is 0 Å². The molecule has 0 spiro atoms. The standard InChI is InChI=1S/C20H35N7O6/c1-11(2)16(27-17(29)13(22)7-12-8-23-10-24-12)19(31)25-14(5-3-4-6-21)18(30)26-15(9-28)20(32)33/h8,10-11,13-16,28H,3-7,9,21-22H2,1-2H3,(H,23,24)(H,25,31)(H,26,30)(H,27,29)(H,32,33). The topological polar surface area (TPSA) is 226 Å². The molecule has 186 valence electrons. The molecular weight excluding hydrogens is 434 g/mol. The van der Waals surface area contributed by atoms with E-state index in [1.165, 1.54) is 6.33 Å². The number of aromatic amines is 1. The van der Waals surface area contributed by atoms with Crippen molar-refractivity contribution in [1.29, 1.82) is 0 Å². The van der Waals surface area contributed by atoms with Crippen molar-refractivity contribution in [2.75, 3.05) is 13.2 Å². The van der Waals surface area contributed by atoms with Gasteiger partial charge in [-0.3, -0.25) is 14.4 Å². The van der Waals surface area contributed by atoms with Crippen LogP contribution >= 0.6 is 0 Å². The zero-order valence-electron chi connectivity index (χ0n) is 18.9. The molecule has 4 atom stereocenters. The number of unbranched alkanes of at least 4 members (excludes halogenated alkanes) is 1. The summed E-state index contributed by atoms with van der Waals surface area (Å²) in [5.74, 6) is -3.65. The number of carboxylic acids is 1. The number of imidazole rings is 1. The Bertz CT molecular complexity index is 771. The van der Waals surface area contributed by atoms with Gasteiger partial charge in [0.25, 0.3) is 0 Å². The maximum atomic E-state index is 12.9. The van der Waals surface area contributed by atoms with Gasteiger partial charge in [0.05, 0.1) is 19.0 Å². The Morgan fingerprint density at radius 3 is 2.24 bits per heavy atom. The molecule has 0 radical (unpaired) electrons. The summed E-state index contributed by atoms with van der Waals surface area (Å²) in [6.07, 6.45) is 4.49. The van der Waals surface area contributed by atoms with Gasteiger partial charge in [0, 0.05) is 18.3 Å². The van der Waals surface area contributed by atoms with Crippen LogP contribution < -0.4 is 27.4 Å². The first kappa shape index (κ1) is 28.0. The number of hydrogen-bond donors (Lipinski definition) is 8. The normalized spacial score (nSPS) is 14.7. The lowest BCUT2D eigenvalue weighted by Gasteiger charge is -2.27. The van der Waals surface area contributed by atoms with E-state index in [-0.39, 0.29) is 18.8 Å². The molecule has 0 aromatic carbocycles. The molecule has 0 aliphatic heterocycles. The van der Waals surface area contributed by atoms with Crippen molar-refractivity contribution in [3.63, 3.8) is 0 Å². The molecule has 1 heterocycles. The van der Waals surface area contributed by atoms with Crippen LogP contribution in [0.15, 0.2) is 12.5 Å². The monoisotopic (exact) mass is 469 g/mol. The van der Waals surface area contributed by atoms with Crippen LogP contribution in [-0.4, -0.2) is 81.2 Å². The van der Waals surface area contributed by atoms with Gasteiger partial charge >= 0.3 is 5.97 Å². The number of rotatable bonds is 15. The molecule has 33 heavy (non-hydrogen) atoms. The summed E-state index contributed by atoms with van der Waals surface area (Å²) >= 11 is 0. The number of amides is 3. The zero-order chi connectivity index (χ0) is 25.0. The third kappa shape index (κ3) is 9.55. The van der Waals surface area contributed by atoms with Crippen molar-refractivity contribution < 1.29 is 29.4 Å². The van der Waals surface area contributed by atoms with E-state index in [0.29, 0.717) is 25.1 Å². The number of aliphatic carboxylic acids is 1. The lowest BCUT2D eigenvalue weighted by molar-refractivity contribution is -0.143. The molecule has 0 bridgehead atoms. The number of nitrogens with one attached hydrogen (secondary N) is 4. The van der Waals surface area contributed by atoms with Crippen molar-refractivity contribution >= 4 is 23.7 Å². The molecule has 0 saturated heterocycles. The Morgan fingerprint density at radius 1 is 1.06 bits per heavy atom. The number of nitrogens with zero attached hydrogens (tertiary/aromatic N) is 1. The molecule has 10 N–H and O–H groups in total. The van der Waals surface area contributed by atoms with Crippen LogP contribution in [0.2, 0.25) is 0 Å². The average Bonchev–Trinajstić information content (AvgIpc) is 3.27. The Hall–Kier alpha value is -3.03. The van der Waals surface area contributed by atoms with Gasteiger partial charge < -0.3 is 42.6 Å². The van der Waals surface area contributed by atoms with Crippen molar-refractivity contribution in [3.05, 3.63) is 18.2 Å². The number of H-pyrrole nitrogens is 1. The summed E-state index contributed by atoms with van der Waals surface area (Å²) in [5, 5.41) is 25.6. The second-order valence-electron chi connectivity index (χ2n) is 8.05. The SMILES string of the molecule is CC(C)C(NC(=O)C(N)Cc1cnc[nH]1)C(=O)NC(CCCCN)C(=O)NC(CO)C(=O)O. The molecule has 13 nitrogen and oxygen atoms in total. The summed E-state index contributed by atoms with van der Waals surface area (Å²) in [4.78, 5) is 55.9. The lowest BCUT2D eigenvalue weighted by Crippen LogP contribution is -2.58. The van der Waals surface area contributed by atoms with Crippen LogP contribution in [0.5, 0.6) is 0 Å². The van der Waals surface area contributed by atoms with Gasteiger partial charge in [0.2, 0.25) is 17.7 Å². The molecule has 0 aliphatic rings. The van der Waals surface area contributed by atoms with Crippen LogP contribution in [0.25, 0.3) is 0 Å². The van der Waals surface area contributed by atoms with E-state index >= 15 is 0 Å². The van der Waals surface area contributed by atoms with E-state index in [2.05, 4.69) is 25.9 Å². The Labute approximate surface area is 192 Å². The fourth-order valence-electron chi connectivity index (χ4n) is 3.00. The molecule has 4 unspecified atom stereocenters. The molecule has 1 rings (SSSR count). The van der Waals surface area contributed by atoms with Crippen molar-refractivity contribution in [3.8, 4) is 0 Å². The van der Waals surface area contributed by atoms with Gasteiger partial charge in [0.1, 0.15) is 18.1 Å². The molecule has 1 aromatic rings. The molecule has 3 amide bonds. The van der Waals surface area contributed by atoms with Gasteiger partial charge in [-0.2, -0.15) is 0 Å². The smallest absolute Gasteiger partial charge is 0.328 e. The number of nitrogens with two attached hydrogens (primary N) is 2. The number of hydrogen-bond acceptors (Lipinski definition) is 8. The first-order chi connectivity index (χ1) is 15.6. The maximum Gasteiger partial charge on any atom is 0.328 e. The van der Waals surface area contributed by atoms with Gasteiger partial charge in [-0.25, -0.2) is 9.78 Å². The minimum atomic E-state index is -1.51. The number of aliphatic hydroxyl groups excluding tert-OH is 1. The van der Waals surface area contributed by atoms with E-state index < -0.39 is 54.5 Å². The molecule has 13 heteroatoms. The number of aromatic nitrogens is 2. The zero-order valence-corrected chi connectivity index (χ0v) is 18.9. The summed E-state index contributed by atoms with van der Waals surface area (Å²) < 4.78 is 0. The predicted molar refractivity (Wildman–Crippen MR) is 119 cm³/mol. The van der Waals surface area contributed by atoms with Gasteiger partial charge in [-0.1, -0.05) is 13.8 Å². The second-order valence-corrected chi connectivity index (χ2v) is 8.05. The highest BCUT2D eigenvalue weighted by Crippen LogP contribution is 2.07. The summed E-state index contributed by atoms with van der Waals surface area (Å²) in [5.41, 5.74) is 12.1. The van der Waals surface area contributed by atoms with Crippen molar-refractivity contribution in [2.24, 2.45) is 17.4 Å². The Morgan fingerprint density at radius 2 is 1.73 bits per heavy atom. The second kappa shape index (κ2) is 14.2. The molecular formula is C20H35N7O6. The minimum absolute atomic E-state index is 0.195. The van der Waals surface area contributed by atoms with Gasteiger partial charge in [-0.15, -0.1) is 0 Å². The summed E-state index contributed by atoms with van der Waals surface area (Å²) in [7, 11) is 0. The van der Waals surface area contributed by atoms with Crippen LogP contribution in [-0.2, 0) is 25.6 Å². The fraction of sp³-hybridized carbons (Fsp3) is 0.650. The summed E-state index contributed by atoms with van der Waals surface area (Å²) in [6.45, 7) is 3.03. The summed E-state index contributed by atoms with van der Waals surface area (Å²) in [6, 6.07) is -4.49. The van der Waals surface area contributed by atoms with E-state index in [1.54, 1.807) is 20.0 Å². The van der Waals surface area contributed by atoms with Gasteiger partial charge in [-0.05, 0) is 31.7 Å². The fourth-order valence-corrected chi connectivity index (χ4v) is 3.00. The highest BCUT2D eigenvalue weighted by molar-refractivity contribution is 5.94. The van der Waals surface area contributed by atoms with Crippen molar-refractivity contribution in [2.45, 2.75) is 63.7 Å². The van der Waals surface area contributed by atoms with Crippen molar-refractivity contribution in [1.82, 2.24) is 25.9 Å². The molecule has 1 aromatic heterocycles. The highest BCUT2D eigenvalue weighted by atomic mass is 16.4.